The van der Waals surface area contributed by atoms with Crippen molar-refractivity contribution in [2.75, 3.05) is 0 Å². The third-order valence-electron chi connectivity index (χ3n) is 6.11. The van der Waals surface area contributed by atoms with Gasteiger partial charge in [0.2, 0.25) is 0 Å². The lowest BCUT2D eigenvalue weighted by atomic mass is 9.76. The van der Waals surface area contributed by atoms with Crippen molar-refractivity contribution in [2.24, 2.45) is 0 Å². The topological polar surface area (TPSA) is 118 Å². The van der Waals surface area contributed by atoms with Crippen LogP contribution in [0.3, 0.4) is 0 Å². The van der Waals surface area contributed by atoms with Crippen LogP contribution in [0, 0.1) is 0 Å². The maximum absolute atomic E-state index is 11.2. The summed E-state index contributed by atoms with van der Waals surface area (Å²) in [6, 6.07) is 8.52. The van der Waals surface area contributed by atoms with E-state index in [2.05, 4.69) is 107 Å². The van der Waals surface area contributed by atoms with Crippen molar-refractivity contribution >= 4 is 7.82 Å². The minimum atomic E-state index is -4.64. The zero-order valence-electron chi connectivity index (χ0n) is 24.1. The number of hydrogen-bond acceptors (Lipinski definition) is 3. The standard InChI is InChI=1S/C29H44O2.H3O4P/c1-26(2,3)20-14-18(24(30)22(16-20)28(7,8)9)13-19-15-21(27(4,5)6)17-23(25(19)31)29(10,11)12;1-5(2,3)4/h14-17,30-31H,13H2,1-12H3;(H3,1,2,3,4). The Bertz CT molecular complexity index is 1030. The molecule has 0 aromatic heterocycles. The zero-order valence-corrected chi connectivity index (χ0v) is 25.0. The lowest BCUT2D eigenvalue weighted by Crippen LogP contribution is -2.18. The average molecular weight is 523 g/mol. The molecule has 0 amide bonds. The molecule has 2 aromatic carbocycles. The van der Waals surface area contributed by atoms with E-state index in [-0.39, 0.29) is 21.7 Å². The zero-order chi connectivity index (χ0) is 28.7. The Morgan fingerprint density at radius 3 is 1.00 bits per heavy atom. The minimum Gasteiger partial charge on any atom is -0.507 e. The number of phenols is 2. The predicted octanol–water partition coefficient (Wildman–Crippen LogP) is 6.95. The molecule has 204 valence electrons. The summed E-state index contributed by atoms with van der Waals surface area (Å²) in [4.78, 5) is 21.6. The molecule has 0 atom stereocenters. The minimum absolute atomic E-state index is 0.0334. The summed E-state index contributed by atoms with van der Waals surface area (Å²) in [5.41, 5.74) is 5.65. The van der Waals surface area contributed by atoms with Crippen LogP contribution in [0.5, 0.6) is 11.5 Å². The number of hydrogen-bond donors (Lipinski definition) is 5. The van der Waals surface area contributed by atoms with E-state index in [0.29, 0.717) is 17.9 Å². The molecule has 2 rings (SSSR count). The highest BCUT2D eigenvalue weighted by Gasteiger charge is 2.28. The molecule has 0 spiro atoms. The molecule has 0 aliphatic heterocycles. The maximum Gasteiger partial charge on any atom is 0.466 e. The molecule has 2 aromatic rings. The Labute approximate surface area is 217 Å². The Kier molecular flexibility index (Phi) is 9.38. The second-order valence-electron chi connectivity index (χ2n) is 13.8. The van der Waals surface area contributed by atoms with Crippen molar-refractivity contribution in [3.8, 4) is 11.5 Å². The van der Waals surface area contributed by atoms with Gasteiger partial charge in [-0.3, -0.25) is 0 Å². The van der Waals surface area contributed by atoms with Crippen LogP contribution in [-0.2, 0) is 32.6 Å². The van der Waals surface area contributed by atoms with Crippen molar-refractivity contribution in [3.05, 3.63) is 57.6 Å². The molecule has 0 saturated carbocycles. The second-order valence-corrected chi connectivity index (χ2v) is 14.8. The van der Waals surface area contributed by atoms with Gasteiger partial charge in [0, 0.05) is 6.42 Å². The molecule has 7 heteroatoms. The van der Waals surface area contributed by atoms with Gasteiger partial charge >= 0.3 is 7.82 Å². The van der Waals surface area contributed by atoms with Crippen LogP contribution in [0.15, 0.2) is 24.3 Å². The summed E-state index contributed by atoms with van der Waals surface area (Å²) in [7, 11) is -4.64. The Balaban J connectivity index is 0.00000118. The van der Waals surface area contributed by atoms with Crippen LogP contribution >= 0.6 is 7.82 Å². The maximum atomic E-state index is 11.2. The van der Waals surface area contributed by atoms with E-state index in [4.69, 9.17) is 19.2 Å². The Morgan fingerprint density at radius 2 is 0.806 bits per heavy atom. The molecule has 0 aliphatic carbocycles. The molecular formula is C29H47O6P. The van der Waals surface area contributed by atoms with Gasteiger partial charge in [0.15, 0.2) is 0 Å². The Morgan fingerprint density at radius 1 is 0.556 bits per heavy atom. The fourth-order valence-electron chi connectivity index (χ4n) is 3.87. The van der Waals surface area contributed by atoms with Crippen LogP contribution in [-0.4, -0.2) is 24.9 Å². The van der Waals surface area contributed by atoms with E-state index in [0.717, 1.165) is 22.3 Å². The number of phosphoric acid groups is 1. The van der Waals surface area contributed by atoms with Crippen molar-refractivity contribution < 1.29 is 29.5 Å². The molecule has 0 radical (unpaired) electrons. The fraction of sp³-hybridized carbons (Fsp3) is 0.586. The summed E-state index contributed by atoms with van der Waals surface area (Å²) >= 11 is 0. The van der Waals surface area contributed by atoms with Crippen LogP contribution in [0.4, 0.5) is 0 Å². The second kappa shape index (κ2) is 10.5. The van der Waals surface area contributed by atoms with E-state index in [1.165, 1.54) is 11.1 Å². The lowest BCUT2D eigenvalue weighted by Gasteiger charge is -2.29. The highest BCUT2D eigenvalue weighted by Crippen LogP contribution is 2.42. The fourth-order valence-corrected chi connectivity index (χ4v) is 3.87. The Hall–Kier alpha value is -1.85. The summed E-state index contributed by atoms with van der Waals surface area (Å²) in [6.45, 7) is 26.0. The number of benzene rings is 2. The van der Waals surface area contributed by atoms with Crippen LogP contribution < -0.4 is 0 Å². The number of phenolic OH excluding ortho intramolecular Hbond substituents is 2. The SMILES string of the molecule is CC(C)(C)c1cc(Cc2cc(C(C)(C)C)cc(C(C)(C)C)c2O)c(O)c(C(C)(C)C)c1.O=P(O)(O)O. The van der Waals surface area contributed by atoms with Gasteiger partial charge in [-0.1, -0.05) is 107 Å². The van der Waals surface area contributed by atoms with Gasteiger partial charge in [-0.2, -0.15) is 0 Å². The van der Waals surface area contributed by atoms with Crippen LogP contribution in [0.25, 0.3) is 0 Å². The first-order valence-corrected chi connectivity index (χ1v) is 13.8. The molecule has 6 nitrogen and oxygen atoms in total. The quantitative estimate of drug-likeness (QED) is 0.272. The van der Waals surface area contributed by atoms with Gasteiger partial charge in [0.25, 0.3) is 0 Å². The van der Waals surface area contributed by atoms with Crippen molar-refractivity contribution in [3.63, 3.8) is 0 Å². The van der Waals surface area contributed by atoms with Gasteiger partial charge in [-0.15, -0.1) is 0 Å². The number of aromatic hydroxyl groups is 2. The van der Waals surface area contributed by atoms with Crippen LogP contribution in [0.2, 0.25) is 0 Å². The third kappa shape index (κ3) is 9.23. The third-order valence-corrected chi connectivity index (χ3v) is 6.11. The summed E-state index contributed by atoms with van der Waals surface area (Å²) < 4.78 is 8.88. The number of rotatable bonds is 2. The molecule has 0 saturated heterocycles. The summed E-state index contributed by atoms with van der Waals surface area (Å²) in [5.74, 6) is 0.691. The van der Waals surface area contributed by atoms with Crippen molar-refractivity contribution in [2.45, 2.75) is 111 Å². The molecular weight excluding hydrogens is 475 g/mol. The van der Waals surface area contributed by atoms with Gasteiger partial charge < -0.3 is 24.9 Å². The highest BCUT2D eigenvalue weighted by atomic mass is 31.2. The van der Waals surface area contributed by atoms with E-state index < -0.39 is 7.82 Å². The molecule has 0 unspecified atom stereocenters. The lowest BCUT2D eigenvalue weighted by molar-refractivity contribution is 0.275. The summed E-state index contributed by atoms with van der Waals surface area (Å²) in [6.07, 6.45) is 0.498. The molecule has 0 heterocycles. The first kappa shape index (κ1) is 32.2. The van der Waals surface area contributed by atoms with E-state index >= 15 is 0 Å². The largest absolute Gasteiger partial charge is 0.507 e. The van der Waals surface area contributed by atoms with Gasteiger partial charge in [0.1, 0.15) is 11.5 Å². The first-order chi connectivity index (χ1) is 15.7. The smallest absolute Gasteiger partial charge is 0.466 e. The first-order valence-electron chi connectivity index (χ1n) is 12.2. The predicted molar refractivity (Wildman–Crippen MR) is 148 cm³/mol. The van der Waals surface area contributed by atoms with E-state index in [1.54, 1.807) is 0 Å². The highest BCUT2D eigenvalue weighted by molar-refractivity contribution is 7.45. The normalized spacial score (nSPS) is 13.3. The van der Waals surface area contributed by atoms with Gasteiger partial charge in [-0.05, 0) is 55.0 Å². The van der Waals surface area contributed by atoms with E-state index in [9.17, 15) is 10.2 Å². The van der Waals surface area contributed by atoms with Crippen molar-refractivity contribution in [1.29, 1.82) is 0 Å². The molecule has 0 fully saturated rings. The van der Waals surface area contributed by atoms with Gasteiger partial charge in [0.05, 0.1) is 0 Å². The monoisotopic (exact) mass is 522 g/mol. The summed E-state index contributed by atoms with van der Waals surface area (Å²) in [5, 5.41) is 22.5. The van der Waals surface area contributed by atoms with Gasteiger partial charge in [-0.25, -0.2) is 4.57 Å². The van der Waals surface area contributed by atoms with Crippen molar-refractivity contribution in [1.82, 2.24) is 0 Å². The molecule has 5 N–H and O–H groups in total. The van der Waals surface area contributed by atoms with Crippen LogP contribution in [0.1, 0.15) is 116 Å². The average Bonchev–Trinajstić information content (AvgIpc) is 2.59. The molecule has 0 aliphatic rings. The molecule has 0 bridgehead atoms. The molecule has 36 heavy (non-hydrogen) atoms. The van der Waals surface area contributed by atoms with E-state index in [1.807, 2.05) is 0 Å².